The minimum absolute atomic E-state index is 0.0561. The lowest BCUT2D eigenvalue weighted by Gasteiger charge is -2.17. The Morgan fingerprint density at radius 3 is 2.56 bits per heavy atom. The van der Waals surface area contributed by atoms with E-state index >= 15 is 0 Å². The van der Waals surface area contributed by atoms with E-state index < -0.39 is 11.8 Å². The fraction of sp³-hybridized carbons (Fsp3) is 0.579. The maximum Gasteiger partial charge on any atom is 0.313 e. The molecule has 6 nitrogen and oxygen atoms in total. The molecule has 25 heavy (non-hydrogen) atoms. The maximum absolute atomic E-state index is 11.3. The third kappa shape index (κ3) is 7.23. The number of benzene rings is 1. The summed E-state index contributed by atoms with van der Waals surface area (Å²) in [6, 6.07) is 7.81. The zero-order valence-electron chi connectivity index (χ0n) is 15.1. The fourth-order valence-corrected chi connectivity index (χ4v) is 2.50. The van der Waals surface area contributed by atoms with Crippen molar-refractivity contribution in [2.45, 2.75) is 51.9 Å². The first-order valence-corrected chi connectivity index (χ1v) is 8.52. The zero-order chi connectivity index (χ0) is 18.3. The highest BCUT2D eigenvalue weighted by molar-refractivity contribution is 5.94. The van der Waals surface area contributed by atoms with Crippen LogP contribution in [0.5, 0.6) is 5.75 Å². The van der Waals surface area contributed by atoms with E-state index in [0.717, 1.165) is 17.7 Å². The predicted molar refractivity (Wildman–Crippen MR) is 91.4 cm³/mol. The van der Waals surface area contributed by atoms with Gasteiger partial charge in [-0.15, -0.1) is 0 Å². The largest absolute Gasteiger partial charge is 0.491 e. The van der Waals surface area contributed by atoms with Gasteiger partial charge in [-0.25, -0.2) is 0 Å². The number of hydrogen-bond acceptors (Lipinski definition) is 6. The van der Waals surface area contributed by atoms with Crippen LogP contribution in [0.3, 0.4) is 0 Å². The number of rotatable bonds is 9. The lowest BCUT2D eigenvalue weighted by atomic mass is 10.1. The number of esters is 1. The Balaban J connectivity index is 1.64. The van der Waals surface area contributed by atoms with Gasteiger partial charge in [-0.05, 0) is 51.3 Å². The third-order valence-electron chi connectivity index (χ3n) is 3.69. The molecule has 0 bridgehead atoms. The van der Waals surface area contributed by atoms with Crippen molar-refractivity contribution in [2.24, 2.45) is 0 Å². The van der Waals surface area contributed by atoms with E-state index in [1.165, 1.54) is 6.92 Å². The summed E-state index contributed by atoms with van der Waals surface area (Å²) in [6.45, 7) is 6.46. The molecule has 1 unspecified atom stereocenters. The van der Waals surface area contributed by atoms with Gasteiger partial charge >= 0.3 is 5.97 Å². The normalized spacial score (nSPS) is 18.8. The van der Waals surface area contributed by atoms with E-state index in [1.54, 1.807) is 0 Å². The first-order chi connectivity index (χ1) is 11.8. The summed E-state index contributed by atoms with van der Waals surface area (Å²) in [5.74, 6) is -0.396. The number of ketones is 1. The van der Waals surface area contributed by atoms with Crippen molar-refractivity contribution in [3.63, 3.8) is 0 Å². The van der Waals surface area contributed by atoms with E-state index in [1.807, 2.05) is 38.1 Å². The number of aryl methyl sites for hydroxylation is 1. The van der Waals surface area contributed by atoms with Crippen molar-refractivity contribution in [2.75, 3.05) is 19.8 Å². The van der Waals surface area contributed by atoms with Gasteiger partial charge in [-0.3, -0.25) is 9.59 Å². The molecule has 1 atom stereocenters. The Bertz CT molecular complexity index is 578. The van der Waals surface area contributed by atoms with Gasteiger partial charge in [-0.1, -0.05) is 12.1 Å². The number of ether oxygens (including phenoxy) is 4. The molecule has 0 saturated carbocycles. The number of Topliss-reactive ketones (excluding diaryl/α,β-unsaturated/α-hetero) is 1. The van der Waals surface area contributed by atoms with E-state index in [9.17, 15) is 9.59 Å². The molecule has 1 aliphatic rings. The molecule has 0 N–H and O–H groups in total. The highest BCUT2D eigenvalue weighted by Crippen LogP contribution is 2.23. The van der Waals surface area contributed by atoms with Crippen molar-refractivity contribution < 1.29 is 28.5 Å². The summed E-state index contributed by atoms with van der Waals surface area (Å²) < 4.78 is 21.9. The minimum Gasteiger partial charge on any atom is -0.491 e. The molecular formula is C19H26O6. The summed E-state index contributed by atoms with van der Waals surface area (Å²) in [5, 5.41) is 0. The van der Waals surface area contributed by atoms with Crippen LogP contribution in [0.1, 0.15) is 39.2 Å². The van der Waals surface area contributed by atoms with Crippen LogP contribution in [0.25, 0.3) is 0 Å². The van der Waals surface area contributed by atoms with E-state index in [4.69, 9.17) is 18.9 Å². The molecule has 1 aromatic rings. The Hall–Kier alpha value is -1.92. The van der Waals surface area contributed by atoms with Crippen LogP contribution in [0.2, 0.25) is 0 Å². The molecule has 1 aliphatic heterocycles. The average Bonchev–Trinajstić information content (AvgIpc) is 2.89. The van der Waals surface area contributed by atoms with Crippen LogP contribution >= 0.6 is 0 Å². The van der Waals surface area contributed by atoms with E-state index in [0.29, 0.717) is 26.2 Å². The van der Waals surface area contributed by atoms with Gasteiger partial charge in [0, 0.05) is 0 Å². The Kier molecular flexibility index (Phi) is 6.96. The summed E-state index contributed by atoms with van der Waals surface area (Å²) in [7, 11) is 0. The number of hydrogen-bond donors (Lipinski definition) is 0. The first-order valence-electron chi connectivity index (χ1n) is 8.52. The van der Waals surface area contributed by atoms with Crippen LogP contribution in [-0.4, -0.2) is 43.5 Å². The summed E-state index contributed by atoms with van der Waals surface area (Å²) in [6.07, 6.45) is 1.30. The van der Waals surface area contributed by atoms with Crippen LogP contribution < -0.4 is 4.74 Å². The van der Waals surface area contributed by atoms with Crippen molar-refractivity contribution >= 4 is 11.8 Å². The topological polar surface area (TPSA) is 71.1 Å². The maximum atomic E-state index is 11.3. The molecular weight excluding hydrogens is 324 g/mol. The summed E-state index contributed by atoms with van der Waals surface area (Å²) in [5.41, 5.74) is 1.14. The molecule has 6 heteroatoms. The van der Waals surface area contributed by atoms with Gasteiger partial charge in [-0.2, -0.15) is 0 Å². The first kappa shape index (κ1) is 19.4. The monoisotopic (exact) mass is 350 g/mol. The summed E-state index contributed by atoms with van der Waals surface area (Å²) in [4.78, 5) is 22.0. The molecule has 1 heterocycles. The molecule has 1 saturated heterocycles. The molecule has 0 spiro atoms. The molecule has 1 aromatic carbocycles. The Morgan fingerprint density at radius 1 is 1.24 bits per heavy atom. The van der Waals surface area contributed by atoms with Crippen LogP contribution in [-0.2, 0) is 30.2 Å². The van der Waals surface area contributed by atoms with E-state index in [-0.39, 0.29) is 18.3 Å². The van der Waals surface area contributed by atoms with Crippen molar-refractivity contribution in [1.29, 1.82) is 0 Å². The molecule has 2 rings (SSSR count). The lowest BCUT2D eigenvalue weighted by molar-refractivity contribution is -0.145. The van der Waals surface area contributed by atoms with Gasteiger partial charge in [0.25, 0.3) is 0 Å². The van der Waals surface area contributed by atoms with Gasteiger partial charge in [0.05, 0.1) is 13.2 Å². The SMILES string of the molecule is CC(=O)CC(=O)OCCCc1ccc(OCC2COC(C)(C)O2)cc1. The summed E-state index contributed by atoms with van der Waals surface area (Å²) >= 11 is 0. The molecule has 0 amide bonds. The molecule has 1 fully saturated rings. The van der Waals surface area contributed by atoms with Crippen molar-refractivity contribution in [1.82, 2.24) is 0 Å². The second-order valence-electron chi connectivity index (χ2n) is 6.61. The second kappa shape index (κ2) is 8.97. The number of carbonyl (C=O) groups excluding carboxylic acids is 2. The Morgan fingerprint density at radius 2 is 1.96 bits per heavy atom. The molecule has 0 radical (unpaired) electrons. The third-order valence-corrected chi connectivity index (χ3v) is 3.69. The second-order valence-corrected chi connectivity index (χ2v) is 6.61. The van der Waals surface area contributed by atoms with Gasteiger partial charge < -0.3 is 18.9 Å². The molecule has 138 valence electrons. The molecule has 0 aromatic heterocycles. The van der Waals surface area contributed by atoms with Crippen LogP contribution in [0.4, 0.5) is 0 Å². The highest BCUT2D eigenvalue weighted by Gasteiger charge is 2.32. The fourth-order valence-electron chi connectivity index (χ4n) is 2.50. The number of carbonyl (C=O) groups is 2. The van der Waals surface area contributed by atoms with E-state index in [2.05, 4.69) is 0 Å². The standard InChI is InChI=1S/C19H26O6/c1-14(20)11-18(21)22-10-4-5-15-6-8-16(9-7-15)23-12-17-13-24-19(2,3)25-17/h6-9,17H,4-5,10-13H2,1-3H3. The van der Waals surface area contributed by atoms with Crippen molar-refractivity contribution in [3.05, 3.63) is 29.8 Å². The smallest absolute Gasteiger partial charge is 0.313 e. The Labute approximate surface area is 148 Å². The van der Waals surface area contributed by atoms with Gasteiger partial charge in [0.1, 0.15) is 30.7 Å². The highest BCUT2D eigenvalue weighted by atomic mass is 16.7. The van der Waals surface area contributed by atoms with Gasteiger partial charge in [0.2, 0.25) is 0 Å². The molecule has 0 aliphatic carbocycles. The minimum atomic E-state index is -0.536. The zero-order valence-corrected chi connectivity index (χ0v) is 15.1. The average molecular weight is 350 g/mol. The quantitative estimate of drug-likeness (QED) is 0.387. The van der Waals surface area contributed by atoms with Crippen molar-refractivity contribution in [3.8, 4) is 5.75 Å². The van der Waals surface area contributed by atoms with Gasteiger partial charge in [0.15, 0.2) is 5.79 Å². The van der Waals surface area contributed by atoms with Crippen LogP contribution in [0, 0.1) is 0 Å². The predicted octanol–water partition coefficient (Wildman–Crippen LogP) is 2.67. The lowest BCUT2D eigenvalue weighted by Crippen LogP contribution is -2.25. The van der Waals surface area contributed by atoms with Crippen LogP contribution in [0.15, 0.2) is 24.3 Å².